The monoisotopic (exact) mass is 614 g/mol. The van der Waals surface area contributed by atoms with Gasteiger partial charge in [-0.15, -0.1) is 0 Å². The lowest BCUT2D eigenvalue weighted by Gasteiger charge is -2.38. The molecule has 0 bridgehead atoms. The van der Waals surface area contributed by atoms with Crippen LogP contribution in [0.15, 0.2) is 88.1 Å². The Morgan fingerprint density at radius 2 is 1.70 bits per heavy atom. The van der Waals surface area contributed by atoms with E-state index in [9.17, 15) is 9.59 Å². The van der Waals surface area contributed by atoms with Crippen molar-refractivity contribution in [1.29, 1.82) is 0 Å². The van der Waals surface area contributed by atoms with Crippen LogP contribution in [-0.2, 0) is 13.0 Å². The summed E-state index contributed by atoms with van der Waals surface area (Å²) in [5.74, 6) is -0.347. The zero-order valence-corrected chi connectivity index (χ0v) is 26.6. The van der Waals surface area contributed by atoms with Gasteiger partial charge >= 0.3 is 0 Å². The van der Waals surface area contributed by atoms with Gasteiger partial charge in [0, 0.05) is 62.1 Å². The number of nitrogens with zero attached hydrogens (tertiary/aromatic N) is 3. The summed E-state index contributed by atoms with van der Waals surface area (Å²) in [6.07, 6.45) is 2.58. The van der Waals surface area contributed by atoms with Crippen molar-refractivity contribution in [3.63, 3.8) is 0 Å². The molecule has 1 unspecified atom stereocenters. The third-order valence-electron chi connectivity index (χ3n) is 8.47. The number of benzene rings is 3. The summed E-state index contributed by atoms with van der Waals surface area (Å²) >= 11 is 6.12. The molecule has 1 amide bonds. The van der Waals surface area contributed by atoms with Crippen molar-refractivity contribution in [1.82, 2.24) is 15.1 Å². The predicted molar refractivity (Wildman–Crippen MR) is 180 cm³/mol. The highest BCUT2D eigenvalue weighted by Crippen LogP contribution is 2.24. The zero-order chi connectivity index (χ0) is 30.9. The molecule has 1 atom stereocenters. The molecule has 0 saturated carbocycles. The molecule has 0 aliphatic carbocycles. The van der Waals surface area contributed by atoms with Gasteiger partial charge in [-0.3, -0.25) is 19.4 Å². The van der Waals surface area contributed by atoms with E-state index in [1.807, 2.05) is 24.3 Å². The Morgan fingerprint density at radius 3 is 2.45 bits per heavy atom. The number of para-hydroxylation sites is 2. The maximum atomic E-state index is 13.3. The topological polar surface area (TPSA) is 69.0 Å². The molecule has 7 nitrogen and oxygen atoms in total. The minimum atomic E-state index is -0.377. The predicted octanol–water partition coefficient (Wildman–Crippen LogP) is 6.23. The van der Waals surface area contributed by atoms with Gasteiger partial charge in [0.15, 0.2) is 11.2 Å². The van der Waals surface area contributed by atoms with E-state index in [2.05, 4.69) is 58.1 Å². The number of halogens is 1. The molecule has 5 rings (SSSR count). The number of fused-ring (bicyclic) bond motifs is 1. The van der Waals surface area contributed by atoms with E-state index in [1.165, 1.54) is 17.3 Å². The lowest BCUT2D eigenvalue weighted by molar-refractivity contribution is 0.0903. The number of carbonyl (C=O) groups excluding carboxylic acids is 1. The largest absolute Gasteiger partial charge is 0.451 e. The van der Waals surface area contributed by atoms with Gasteiger partial charge in [0.2, 0.25) is 0 Å². The summed E-state index contributed by atoms with van der Waals surface area (Å²) < 4.78 is 5.83. The highest BCUT2D eigenvalue weighted by atomic mass is 35.5. The third-order valence-corrected chi connectivity index (χ3v) is 8.72. The highest BCUT2D eigenvalue weighted by molar-refractivity contribution is 6.30. The molecule has 1 saturated heterocycles. The van der Waals surface area contributed by atoms with Gasteiger partial charge in [0.05, 0.1) is 5.39 Å². The molecule has 232 valence electrons. The quantitative estimate of drug-likeness (QED) is 0.193. The van der Waals surface area contributed by atoms with Gasteiger partial charge in [-0.1, -0.05) is 67.9 Å². The first kappa shape index (κ1) is 31.8. The number of amides is 1. The zero-order valence-electron chi connectivity index (χ0n) is 25.8. The van der Waals surface area contributed by atoms with Crippen LogP contribution in [0.2, 0.25) is 5.02 Å². The number of rotatable bonds is 13. The normalized spacial score (nSPS) is 14.7. The molecule has 3 aromatic carbocycles. The van der Waals surface area contributed by atoms with Crippen LogP contribution in [0.3, 0.4) is 0 Å². The Balaban J connectivity index is 1.22. The Kier molecular flexibility index (Phi) is 11.1. The number of hydrogen-bond acceptors (Lipinski definition) is 6. The molecule has 1 N–H and O–H groups in total. The minimum Gasteiger partial charge on any atom is -0.451 e. The fourth-order valence-corrected chi connectivity index (χ4v) is 6.14. The van der Waals surface area contributed by atoms with E-state index >= 15 is 0 Å². The van der Waals surface area contributed by atoms with E-state index < -0.39 is 0 Å². The first-order valence-corrected chi connectivity index (χ1v) is 16.2. The van der Waals surface area contributed by atoms with Gasteiger partial charge in [-0.05, 0) is 73.8 Å². The van der Waals surface area contributed by atoms with Crippen LogP contribution >= 0.6 is 11.6 Å². The molecule has 1 aromatic heterocycles. The van der Waals surface area contributed by atoms with E-state index in [0.717, 1.165) is 70.8 Å². The number of nitrogens with one attached hydrogen (secondary N) is 1. The summed E-state index contributed by atoms with van der Waals surface area (Å²) in [4.78, 5) is 33.5. The first-order valence-electron chi connectivity index (χ1n) is 15.8. The van der Waals surface area contributed by atoms with Crippen LogP contribution in [0.1, 0.15) is 48.4 Å². The molecule has 1 fully saturated rings. The third kappa shape index (κ3) is 8.29. The molecule has 0 spiro atoms. The Hall–Kier alpha value is -3.65. The molecule has 1 aliphatic rings. The van der Waals surface area contributed by atoms with Crippen molar-refractivity contribution < 1.29 is 9.21 Å². The van der Waals surface area contributed by atoms with Gasteiger partial charge in [0.25, 0.3) is 5.91 Å². The number of anilines is 1. The van der Waals surface area contributed by atoms with Gasteiger partial charge < -0.3 is 14.6 Å². The maximum absolute atomic E-state index is 13.3. The lowest BCUT2D eigenvalue weighted by Crippen LogP contribution is -2.48. The first-order chi connectivity index (χ1) is 21.4. The molecule has 2 heterocycles. The second kappa shape index (κ2) is 15.4. The number of carbonyl (C=O) groups is 1. The number of piperazine rings is 1. The summed E-state index contributed by atoms with van der Waals surface area (Å²) in [5, 5.41) is 4.30. The SMILES string of the molecule is CCCN(CC)Cc1ccccc1N1CCN(CCC(Cc2ccc(Cl)cc2)NC(=O)c2cc(=O)c3ccccc3o2)CC1. The Bertz CT molecular complexity index is 1580. The van der Waals surface area contributed by atoms with Crippen molar-refractivity contribution in [3.05, 3.63) is 111 Å². The van der Waals surface area contributed by atoms with Crippen LogP contribution in [0.4, 0.5) is 5.69 Å². The highest BCUT2D eigenvalue weighted by Gasteiger charge is 2.23. The summed E-state index contributed by atoms with van der Waals surface area (Å²) in [6, 6.07) is 24.7. The molecule has 0 radical (unpaired) electrons. The van der Waals surface area contributed by atoms with Crippen LogP contribution in [-0.4, -0.2) is 67.6 Å². The van der Waals surface area contributed by atoms with Gasteiger partial charge in [-0.25, -0.2) is 0 Å². The molecular formula is C36H43ClN4O3. The van der Waals surface area contributed by atoms with Gasteiger partial charge in [0.1, 0.15) is 5.58 Å². The van der Waals surface area contributed by atoms with Crippen LogP contribution in [0.25, 0.3) is 11.0 Å². The summed E-state index contributed by atoms with van der Waals surface area (Å²) in [6.45, 7) is 12.3. The van der Waals surface area contributed by atoms with E-state index in [0.29, 0.717) is 22.4 Å². The Labute approximate surface area is 265 Å². The number of hydrogen-bond donors (Lipinski definition) is 1. The maximum Gasteiger partial charge on any atom is 0.287 e. The van der Waals surface area contributed by atoms with E-state index in [-0.39, 0.29) is 23.1 Å². The summed E-state index contributed by atoms with van der Waals surface area (Å²) in [5.41, 5.74) is 4.00. The minimum absolute atomic E-state index is 0.0302. The van der Waals surface area contributed by atoms with Crippen molar-refractivity contribution in [2.24, 2.45) is 0 Å². The van der Waals surface area contributed by atoms with Crippen molar-refractivity contribution in [2.45, 2.75) is 45.7 Å². The van der Waals surface area contributed by atoms with Crippen molar-refractivity contribution >= 4 is 34.2 Å². The van der Waals surface area contributed by atoms with Crippen LogP contribution in [0, 0.1) is 0 Å². The fourth-order valence-electron chi connectivity index (χ4n) is 6.01. The standard InChI is InChI=1S/C36H43ClN4O3/c1-3-18-39(4-2)26-28-9-5-7-11-32(28)41-22-20-40(21-23-41)19-17-30(24-27-13-15-29(37)16-14-27)38-36(43)35-25-33(42)31-10-6-8-12-34(31)44-35/h5-16,25,30H,3-4,17-24,26H2,1-2H3,(H,38,43). The molecule has 44 heavy (non-hydrogen) atoms. The molecule has 4 aromatic rings. The van der Waals surface area contributed by atoms with E-state index in [4.69, 9.17) is 16.0 Å². The average Bonchev–Trinajstić information content (AvgIpc) is 3.05. The second-order valence-electron chi connectivity index (χ2n) is 11.6. The van der Waals surface area contributed by atoms with Crippen molar-refractivity contribution in [3.8, 4) is 0 Å². The summed E-state index contributed by atoms with van der Waals surface area (Å²) in [7, 11) is 0. The van der Waals surface area contributed by atoms with Gasteiger partial charge in [-0.2, -0.15) is 0 Å². The lowest BCUT2D eigenvalue weighted by atomic mass is 10.0. The average molecular weight is 615 g/mol. The van der Waals surface area contributed by atoms with E-state index in [1.54, 1.807) is 24.3 Å². The second-order valence-corrected chi connectivity index (χ2v) is 12.0. The molecule has 1 aliphatic heterocycles. The van der Waals surface area contributed by atoms with Crippen LogP contribution < -0.4 is 15.6 Å². The Morgan fingerprint density at radius 1 is 0.977 bits per heavy atom. The molecule has 8 heteroatoms. The van der Waals surface area contributed by atoms with Crippen LogP contribution in [0.5, 0.6) is 0 Å². The van der Waals surface area contributed by atoms with Crippen molar-refractivity contribution in [2.75, 3.05) is 50.7 Å². The fraction of sp³-hybridized carbons (Fsp3) is 0.389. The smallest absolute Gasteiger partial charge is 0.287 e. The molecular weight excluding hydrogens is 572 g/mol.